The number of carbonyl (C=O) groups is 1. The summed E-state index contributed by atoms with van der Waals surface area (Å²) in [6.07, 6.45) is 2.07. The summed E-state index contributed by atoms with van der Waals surface area (Å²) in [5, 5.41) is 0. The minimum absolute atomic E-state index is 0.132. The van der Waals surface area contributed by atoms with Gasteiger partial charge < -0.3 is 15.2 Å². The molecule has 134 valence electrons. The smallest absolute Gasteiger partial charge is 0.287 e. The van der Waals surface area contributed by atoms with Gasteiger partial charge in [-0.1, -0.05) is 13.8 Å². The highest BCUT2D eigenvalue weighted by Gasteiger charge is 2.23. The Kier molecular flexibility index (Phi) is 6.10. The fraction of sp³-hybridized carbons (Fsp3) is 0.647. The molecule has 0 bridgehead atoms. The SMILES string of the molecule is CC(C)CC(C(N)=O)n1cc(CCN2CC[C@@H](F)C2)cc(F)c1=O. The molecule has 1 aliphatic heterocycles. The van der Waals surface area contributed by atoms with Crippen molar-refractivity contribution in [2.75, 3.05) is 19.6 Å². The Morgan fingerprint density at radius 2 is 2.17 bits per heavy atom. The molecule has 1 aromatic heterocycles. The van der Waals surface area contributed by atoms with Gasteiger partial charge in [0.2, 0.25) is 5.91 Å². The summed E-state index contributed by atoms with van der Waals surface area (Å²) in [5.74, 6) is -1.42. The number of nitrogens with zero attached hydrogens (tertiary/aromatic N) is 2. The summed E-state index contributed by atoms with van der Waals surface area (Å²) in [7, 11) is 0. The van der Waals surface area contributed by atoms with Crippen LogP contribution in [0.5, 0.6) is 0 Å². The largest absolute Gasteiger partial charge is 0.368 e. The standard InChI is InChI=1S/C17H25F2N3O2/c1-11(2)7-15(16(20)23)22-9-12(8-14(19)17(22)24)3-5-21-6-4-13(18)10-21/h8-9,11,13,15H,3-7,10H2,1-2H3,(H2,20,23)/t13-,15?/m1/s1. The minimum Gasteiger partial charge on any atom is -0.368 e. The lowest BCUT2D eigenvalue weighted by Gasteiger charge is -2.20. The molecule has 1 aliphatic rings. The van der Waals surface area contributed by atoms with E-state index in [4.69, 9.17) is 5.73 Å². The first-order valence-electron chi connectivity index (χ1n) is 8.34. The maximum absolute atomic E-state index is 14.0. The number of primary amides is 1. The van der Waals surface area contributed by atoms with Crippen LogP contribution in [0.1, 0.15) is 38.3 Å². The lowest BCUT2D eigenvalue weighted by molar-refractivity contribution is -0.121. The van der Waals surface area contributed by atoms with Crippen LogP contribution in [0.2, 0.25) is 0 Å². The quantitative estimate of drug-likeness (QED) is 0.820. The lowest BCUT2D eigenvalue weighted by atomic mass is 10.0. The number of pyridine rings is 1. The highest BCUT2D eigenvalue weighted by atomic mass is 19.1. The summed E-state index contributed by atoms with van der Waals surface area (Å²) in [6.45, 7) is 5.47. The maximum Gasteiger partial charge on any atom is 0.287 e. The Balaban J connectivity index is 2.20. The molecule has 1 saturated heterocycles. The molecule has 2 heterocycles. The van der Waals surface area contributed by atoms with Crippen LogP contribution in [-0.2, 0) is 11.2 Å². The molecule has 7 heteroatoms. The first-order chi connectivity index (χ1) is 11.3. The van der Waals surface area contributed by atoms with E-state index in [0.29, 0.717) is 44.5 Å². The Morgan fingerprint density at radius 3 is 2.71 bits per heavy atom. The van der Waals surface area contributed by atoms with Crippen molar-refractivity contribution in [1.82, 2.24) is 9.47 Å². The van der Waals surface area contributed by atoms with E-state index >= 15 is 0 Å². The monoisotopic (exact) mass is 341 g/mol. The van der Waals surface area contributed by atoms with Crippen molar-refractivity contribution >= 4 is 5.91 Å². The van der Waals surface area contributed by atoms with E-state index in [1.165, 1.54) is 12.3 Å². The highest BCUT2D eigenvalue weighted by molar-refractivity contribution is 5.78. The highest BCUT2D eigenvalue weighted by Crippen LogP contribution is 2.18. The number of hydrogen-bond donors (Lipinski definition) is 1. The summed E-state index contributed by atoms with van der Waals surface area (Å²) >= 11 is 0. The van der Waals surface area contributed by atoms with Gasteiger partial charge in [-0.05, 0) is 36.8 Å². The van der Waals surface area contributed by atoms with Crippen LogP contribution in [0.4, 0.5) is 8.78 Å². The van der Waals surface area contributed by atoms with E-state index in [2.05, 4.69) is 0 Å². The molecule has 5 nitrogen and oxygen atoms in total. The summed E-state index contributed by atoms with van der Waals surface area (Å²) in [5.41, 5.74) is 5.17. The van der Waals surface area contributed by atoms with Gasteiger partial charge in [-0.2, -0.15) is 0 Å². The molecule has 24 heavy (non-hydrogen) atoms. The van der Waals surface area contributed by atoms with Crippen LogP contribution in [0, 0.1) is 11.7 Å². The molecule has 0 aromatic carbocycles. The fourth-order valence-corrected chi connectivity index (χ4v) is 3.08. The van der Waals surface area contributed by atoms with Crippen LogP contribution in [0.3, 0.4) is 0 Å². The number of alkyl halides is 1. The second kappa shape index (κ2) is 7.88. The zero-order valence-corrected chi connectivity index (χ0v) is 14.2. The van der Waals surface area contributed by atoms with Gasteiger partial charge >= 0.3 is 0 Å². The second-order valence-electron chi connectivity index (χ2n) is 6.89. The van der Waals surface area contributed by atoms with Crippen LogP contribution in [-0.4, -0.2) is 41.2 Å². The van der Waals surface area contributed by atoms with Gasteiger partial charge in [0.05, 0.1) is 0 Å². The average Bonchev–Trinajstić information content (AvgIpc) is 2.91. The zero-order chi connectivity index (χ0) is 17.9. The molecule has 0 saturated carbocycles. The predicted molar refractivity (Wildman–Crippen MR) is 88.0 cm³/mol. The van der Waals surface area contributed by atoms with Crippen molar-refractivity contribution in [3.8, 4) is 0 Å². The number of rotatable bonds is 7. The third-order valence-corrected chi connectivity index (χ3v) is 4.35. The average molecular weight is 341 g/mol. The van der Waals surface area contributed by atoms with E-state index in [-0.39, 0.29) is 5.92 Å². The lowest BCUT2D eigenvalue weighted by Crippen LogP contribution is -2.36. The van der Waals surface area contributed by atoms with E-state index in [9.17, 15) is 18.4 Å². The Bertz CT molecular complexity index is 645. The molecule has 0 radical (unpaired) electrons. The van der Waals surface area contributed by atoms with Crippen molar-refractivity contribution < 1.29 is 13.6 Å². The van der Waals surface area contributed by atoms with Crippen LogP contribution < -0.4 is 11.3 Å². The van der Waals surface area contributed by atoms with Gasteiger partial charge in [-0.15, -0.1) is 0 Å². The van der Waals surface area contributed by atoms with Gasteiger partial charge in [-0.3, -0.25) is 9.59 Å². The molecule has 1 aromatic rings. The third-order valence-electron chi connectivity index (χ3n) is 4.35. The van der Waals surface area contributed by atoms with E-state index in [1.54, 1.807) is 0 Å². The third kappa shape index (κ3) is 4.63. The van der Waals surface area contributed by atoms with Gasteiger partial charge in [0, 0.05) is 25.8 Å². The topological polar surface area (TPSA) is 68.3 Å². The first-order valence-corrected chi connectivity index (χ1v) is 8.34. The normalized spacial score (nSPS) is 19.8. The molecule has 2 rings (SSSR count). The number of aromatic nitrogens is 1. The van der Waals surface area contributed by atoms with Crippen molar-refractivity contribution in [3.63, 3.8) is 0 Å². The molecule has 1 unspecified atom stereocenters. The first kappa shape index (κ1) is 18.6. The molecule has 2 N–H and O–H groups in total. The molecule has 1 amide bonds. The number of nitrogens with two attached hydrogens (primary N) is 1. The van der Waals surface area contributed by atoms with Crippen molar-refractivity contribution in [1.29, 1.82) is 0 Å². The number of hydrogen-bond acceptors (Lipinski definition) is 3. The van der Waals surface area contributed by atoms with E-state index < -0.39 is 29.5 Å². The van der Waals surface area contributed by atoms with Crippen molar-refractivity contribution in [2.45, 2.75) is 45.3 Å². The van der Waals surface area contributed by atoms with Gasteiger partial charge in [0.1, 0.15) is 12.2 Å². The summed E-state index contributed by atoms with van der Waals surface area (Å²) < 4.78 is 28.3. The van der Waals surface area contributed by atoms with E-state index in [0.717, 1.165) is 4.57 Å². The Hall–Kier alpha value is -1.76. The van der Waals surface area contributed by atoms with Gasteiger partial charge in [0.25, 0.3) is 5.56 Å². The van der Waals surface area contributed by atoms with Crippen LogP contribution >= 0.6 is 0 Å². The Labute approximate surface area is 140 Å². The number of likely N-dealkylation sites (tertiary alicyclic amines) is 1. The molecular formula is C17H25F2N3O2. The van der Waals surface area contributed by atoms with Gasteiger partial charge in [0.15, 0.2) is 5.82 Å². The number of halogens is 2. The number of amides is 1. The molecule has 2 atom stereocenters. The minimum atomic E-state index is -0.896. The van der Waals surface area contributed by atoms with Crippen LogP contribution in [0.25, 0.3) is 0 Å². The van der Waals surface area contributed by atoms with E-state index in [1.807, 2.05) is 18.7 Å². The Morgan fingerprint density at radius 1 is 1.46 bits per heavy atom. The predicted octanol–water partition coefficient (Wildman–Crippen LogP) is 1.65. The van der Waals surface area contributed by atoms with Crippen molar-refractivity contribution in [2.24, 2.45) is 11.7 Å². The molecule has 0 spiro atoms. The fourth-order valence-electron chi connectivity index (χ4n) is 3.08. The molecular weight excluding hydrogens is 316 g/mol. The van der Waals surface area contributed by atoms with Crippen molar-refractivity contribution in [3.05, 3.63) is 34.0 Å². The summed E-state index contributed by atoms with van der Waals surface area (Å²) in [4.78, 5) is 25.7. The zero-order valence-electron chi connectivity index (χ0n) is 14.2. The summed E-state index contributed by atoms with van der Waals surface area (Å²) in [6, 6.07) is 0.323. The van der Waals surface area contributed by atoms with Gasteiger partial charge in [-0.25, -0.2) is 8.78 Å². The number of carbonyl (C=O) groups excluding carboxylic acids is 1. The maximum atomic E-state index is 14.0. The second-order valence-corrected chi connectivity index (χ2v) is 6.89. The molecule has 1 fully saturated rings. The molecule has 0 aliphatic carbocycles. The van der Waals surface area contributed by atoms with Crippen LogP contribution in [0.15, 0.2) is 17.1 Å².